The Bertz CT molecular complexity index is 633. The number of carbonyl (C=O) groups is 2. The fraction of sp³-hybridized carbons (Fsp3) is 0.444. The Kier molecular flexibility index (Phi) is 6.65. The van der Waals surface area contributed by atoms with Crippen LogP contribution in [-0.4, -0.2) is 60.4 Å². The zero-order valence-corrected chi connectivity index (χ0v) is 14.6. The molecule has 5 nitrogen and oxygen atoms in total. The first kappa shape index (κ1) is 18.3. The molecule has 0 unspecified atom stereocenters. The maximum atomic E-state index is 12.5. The van der Waals surface area contributed by atoms with E-state index in [1.165, 1.54) is 0 Å². The number of benzene rings is 1. The summed E-state index contributed by atoms with van der Waals surface area (Å²) >= 11 is 6.01. The molecule has 0 saturated carbocycles. The van der Waals surface area contributed by atoms with Gasteiger partial charge in [0.2, 0.25) is 5.91 Å². The van der Waals surface area contributed by atoms with Crippen LogP contribution in [0.25, 0.3) is 0 Å². The minimum Gasteiger partial charge on any atom is -0.340 e. The molecule has 1 saturated heterocycles. The predicted octanol–water partition coefficient (Wildman–Crippen LogP) is 1.63. The van der Waals surface area contributed by atoms with Crippen molar-refractivity contribution in [2.75, 3.05) is 32.7 Å². The summed E-state index contributed by atoms with van der Waals surface area (Å²) in [5.41, 5.74) is 0.373. The highest BCUT2D eigenvalue weighted by molar-refractivity contribution is 6.33. The number of piperazine rings is 1. The lowest BCUT2D eigenvalue weighted by Crippen LogP contribution is -2.54. The third-order valence-electron chi connectivity index (χ3n) is 4.09. The summed E-state index contributed by atoms with van der Waals surface area (Å²) in [6, 6.07) is 6.19. The SMILES string of the molecule is C#CCCN1CCN(C(=O)[C@@H](C)NC(=O)c2ccccc2Cl)CC1. The number of hydrogen-bond donors (Lipinski definition) is 1. The summed E-state index contributed by atoms with van der Waals surface area (Å²) in [6.45, 7) is 5.46. The van der Waals surface area contributed by atoms with Gasteiger partial charge in [0.05, 0.1) is 10.6 Å². The first-order valence-electron chi connectivity index (χ1n) is 8.03. The lowest BCUT2D eigenvalue weighted by molar-refractivity contribution is -0.134. The van der Waals surface area contributed by atoms with Gasteiger partial charge in [-0.05, 0) is 19.1 Å². The van der Waals surface area contributed by atoms with Crippen LogP contribution in [0, 0.1) is 12.3 Å². The minimum absolute atomic E-state index is 0.0768. The van der Waals surface area contributed by atoms with E-state index in [1.54, 1.807) is 36.1 Å². The fourth-order valence-electron chi connectivity index (χ4n) is 2.67. The summed E-state index contributed by atoms with van der Waals surface area (Å²) in [5.74, 6) is 2.21. The Morgan fingerprint density at radius 3 is 2.58 bits per heavy atom. The van der Waals surface area contributed by atoms with Crippen LogP contribution in [0.4, 0.5) is 0 Å². The number of amides is 2. The van der Waals surface area contributed by atoms with Gasteiger partial charge in [-0.1, -0.05) is 23.7 Å². The molecule has 0 spiro atoms. The van der Waals surface area contributed by atoms with E-state index >= 15 is 0 Å². The Labute approximate surface area is 147 Å². The molecule has 6 heteroatoms. The van der Waals surface area contributed by atoms with Crippen molar-refractivity contribution in [1.29, 1.82) is 0 Å². The molecule has 0 bridgehead atoms. The van der Waals surface area contributed by atoms with Crippen LogP contribution in [0.1, 0.15) is 23.7 Å². The Balaban J connectivity index is 1.86. The molecule has 2 rings (SSSR count). The summed E-state index contributed by atoms with van der Waals surface area (Å²) in [4.78, 5) is 28.8. The average Bonchev–Trinajstić information content (AvgIpc) is 2.60. The molecular formula is C18H22ClN3O2. The second-order valence-corrected chi connectivity index (χ2v) is 6.20. The number of halogens is 1. The Morgan fingerprint density at radius 1 is 1.29 bits per heavy atom. The number of rotatable bonds is 5. The van der Waals surface area contributed by atoms with Gasteiger partial charge in [0.15, 0.2) is 0 Å². The van der Waals surface area contributed by atoms with Crippen LogP contribution < -0.4 is 5.32 Å². The molecule has 0 aliphatic carbocycles. The molecular weight excluding hydrogens is 326 g/mol. The van der Waals surface area contributed by atoms with Gasteiger partial charge in [-0.2, -0.15) is 0 Å². The van der Waals surface area contributed by atoms with E-state index in [0.717, 1.165) is 26.1 Å². The van der Waals surface area contributed by atoms with E-state index < -0.39 is 6.04 Å². The maximum absolute atomic E-state index is 12.5. The molecule has 2 amide bonds. The van der Waals surface area contributed by atoms with E-state index in [4.69, 9.17) is 18.0 Å². The van der Waals surface area contributed by atoms with Crippen molar-refractivity contribution in [3.8, 4) is 12.3 Å². The molecule has 1 aliphatic rings. The second kappa shape index (κ2) is 8.72. The summed E-state index contributed by atoms with van der Waals surface area (Å²) in [6.07, 6.45) is 6.00. The monoisotopic (exact) mass is 347 g/mol. The van der Waals surface area contributed by atoms with Crippen LogP contribution in [0.2, 0.25) is 5.02 Å². The molecule has 0 radical (unpaired) electrons. The van der Waals surface area contributed by atoms with Crippen molar-refractivity contribution in [1.82, 2.24) is 15.1 Å². The maximum Gasteiger partial charge on any atom is 0.253 e. The van der Waals surface area contributed by atoms with Gasteiger partial charge in [0, 0.05) is 39.1 Å². The van der Waals surface area contributed by atoms with Crippen LogP contribution in [-0.2, 0) is 4.79 Å². The van der Waals surface area contributed by atoms with Crippen molar-refractivity contribution in [3.05, 3.63) is 34.9 Å². The van der Waals surface area contributed by atoms with E-state index in [2.05, 4.69) is 16.1 Å². The van der Waals surface area contributed by atoms with Crippen LogP contribution in [0.3, 0.4) is 0 Å². The zero-order valence-electron chi connectivity index (χ0n) is 13.8. The third kappa shape index (κ3) is 4.73. The second-order valence-electron chi connectivity index (χ2n) is 5.80. The highest BCUT2D eigenvalue weighted by atomic mass is 35.5. The molecule has 1 aromatic rings. The van der Waals surface area contributed by atoms with Gasteiger partial charge < -0.3 is 10.2 Å². The summed E-state index contributed by atoms with van der Waals surface area (Å²) < 4.78 is 0. The molecule has 24 heavy (non-hydrogen) atoms. The first-order valence-corrected chi connectivity index (χ1v) is 8.40. The van der Waals surface area contributed by atoms with E-state index in [-0.39, 0.29) is 11.8 Å². The Morgan fingerprint density at radius 2 is 1.96 bits per heavy atom. The number of terminal acetylenes is 1. The molecule has 128 valence electrons. The normalized spacial score (nSPS) is 16.3. The van der Waals surface area contributed by atoms with Crippen molar-refractivity contribution < 1.29 is 9.59 Å². The molecule has 1 atom stereocenters. The van der Waals surface area contributed by atoms with E-state index in [9.17, 15) is 9.59 Å². The van der Waals surface area contributed by atoms with E-state index in [1.807, 2.05) is 0 Å². The Hall–Kier alpha value is -2.03. The molecule has 1 N–H and O–H groups in total. The van der Waals surface area contributed by atoms with Gasteiger partial charge in [0.25, 0.3) is 5.91 Å². The van der Waals surface area contributed by atoms with Gasteiger partial charge in [-0.3, -0.25) is 14.5 Å². The summed E-state index contributed by atoms with van der Waals surface area (Å²) in [7, 11) is 0. The van der Waals surface area contributed by atoms with Gasteiger partial charge in [-0.15, -0.1) is 12.3 Å². The molecule has 1 aromatic carbocycles. The summed E-state index contributed by atoms with van der Waals surface area (Å²) in [5, 5.41) is 3.10. The molecule has 1 aliphatic heterocycles. The topological polar surface area (TPSA) is 52.6 Å². The number of hydrogen-bond acceptors (Lipinski definition) is 3. The molecule has 0 aromatic heterocycles. The highest BCUT2D eigenvalue weighted by Crippen LogP contribution is 2.15. The average molecular weight is 348 g/mol. The van der Waals surface area contributed by atoms with Crippen LogP contribution in [0.5, 0.6) is 0 Å². The smallest absolute Gasteiger partial charge is 0.253 e. The van der Waals surface area contributed by atoms with Crippen molar-refractivity contribution in [2.24, 2.45) is 0 Å². The van der Waals surface area contributed by atoms with Crippen LogP contribution >= 0.6 is 11.6 Å². The largest absolute Gasteiger partial charge is 0.340 e. The molecule has 1 heterocycles. The van der Waals surface area contributed by atoms with Crippen molar-refractivity contribution in [3.63, 3.8) is 0 Å². The van der Waals surface area contributed by atoms with Crippen molar-refractivity contribution in [2.45, 2.75) is 19.4 Å². The number of nitrogens with zero attached hydrogens (tertiary/aromatic N) is 2. The number of nitrogens with one attached hydrogen (secondary N) is 1. The van der Waals surface area contributed by atoms with Crippen LogP contribution in [0.15, 0.2) is 24.3 Å². The van der Waals surface area contributed by atoms with E-state index in [0.29, 0.717) is 23.7 Å². The predicted molar refractivity (Wildman–Crippen MR) is 94.9 cm³/mol. The highest BCUT2D eigenvalue weighted by Gasteiger charge is 2.26. The first-order chi connectivity index (χ1) is 11.5. The lowest BCUT2D eigenvalue weighted by atomic mass is 10.2. The molecule has 1 fully saturated rings. The quantitative estimate of drug-likeness (QED) is 0.824. The third-order valence-corrected chi connectivity index (χ3v) is 4.42. The zero-order chi connectivity index (χ0) is 17.5. The van der Waals surface area contributed by atoms with Gasteiger partial charge in [0.1, 0.15) is 6.04 Å². The standard InChI is InChI=1S/C18H22ClN3O2/c1-3-4-9-21-10-12-22(13-11-21)18(24)14(2)20-17(23)15-7-5-6-8-16(15)19/h1,5-8,14H,4,9-13H2,2H3,(H,20,23)/t14-/m1/s1. The minimum atomic E-state index is -0.592. The lowest BCUT2D eigenvalue weighted by Gasteiger charge is -2.35. The number of carbonyl (C=O) groups excluding carboxylic acids is 2. The van der Waals surface area contributed by atoms with Gasteiger partial charge in [-0.25, -0.2) is 0 Å². The fourth-order valence-corrected chi connectivity index (χ4v) is 2.89. The van der Waals surface area contributed by atoms with Gasteiger partial charge >= 0.3 is 0 Å². The van der Waals surface area contributed by atoms with Crippen molar-refractivity contribution >= 4 is 23.4 Å².